The predicted molar refractivity (Wildman–Crippen MR) is 83.8 cm³/mol. The van der Waals surface area contributed by atoms with Crippen LogP contribution in [-0.2, 0) is 9.53 Å². The van der Waals surface area contributed by atoms with Crippen molar-refractivity contribution in [2.24, 2.45) is 4.99 Å². The minimum atomic E-state index is -0.403. The molecular weight excluding hydrogens is 278 g/mol. The molecule has 0 bridgehead atoms. The number of hydrogen-bond acceptors (Lipinski definition) is 4. The van der Waals surface area contributed by atoms with E-state index < -0.39 is 6.04 Å². The van der Waals surface area contributed by atoms with E-state index in [1.165, 1.54) is 0 Å². The first-order valence-electron chi connectivity index (χ1n) is 7.66. The Morgan fingerprint density at radius 3 is 2.91 bits per heavy atom. The first-order valence-corrected chi connectivity index (χ1v) is 7.66. The van der Waals surface area contributed by atoms with Gasteiger partial charge in [0.25, 0.3) is 5.91 Å². The zero-order valence-corrected chi connectivity index (χ0v) is 12.2. The van der Waals surface area contributed by atoms with E-state index in [4.69, 9.17) is 4.74 Å². The number of aliphatic imine (C=N–C) groups is 1. The molecule has 5 nitrogen and oxygen atoms in total. The molecule has 1 unspecified atom stereocenters. The Bertz CT molecular complexity index is 750. The van der Waals surface area contributed by atoms with Crippen LogP contribution in [0.5, 0.6) is 0 Å². The molecule has 1 aromatic carbocycles. The molecule has 0 N–H and O–H groups in total. The van der Waals surface area contributed by atoms with Crippen LogP contribution in [0.1, 0.15) is 18.4 Å². The average molecular weight is 295 g/mol. The highest BCUT2D eigenvalue weighted by Gasteiger charge is 2.31. The molecule has 1 amide bonds. The summed E-state index contributed by atoms with van der Waals surface area (Å²) in [6, 6.07) is 9.52. The summed E-state index contributed by atoms with van der Waals surface area (Å²) < 4.78 is 5.64. The van der Waals surface area contributed by atoms with E-state index in [2.05, 4.69) is 9.98 Å². The normalized spacial score (nSPS) is 21.0. The van der Waals surface area contributed by atoms with Crippen molar-refractivity contribution in [2.75, 3.05) is 19.7 Å². The second-order valence-corrected chi connectivity index (χ2v) is 5.71. The number of pyridine rings is 1. The molecule has 1 aromatic heterocycles. The van der Waals surface area contributed by atoms with Crippen LogP contribution in [0.4, 0.5) is 0 Å². The number of carbonyl (C=O) groups is 1. The van der Waals surface area contributed by atoms with Gasteiger partial charge < -0.3 is 9.64 Å². The van der Waals surface area contributed by atoms with Gasteiger partial charge >= 0.3 is 0 Å². The first-order chi connectivity index (χ1) is 10.8. The maximum atomic E-state index is 12.4. The number of hydrogen-bond donors (Lipinski definition) is 0. The zero-order chi connectivity index (χ0) is 14.9. The topological polar surface area (TPSA) is 54.8 Å². The van der Waals surface area contributed by atoms with Crippen molar-refractivity contribution in [1.82, 2.24) is 9.88 Å². The fraction of sp³-hybridized carbons (Fsp3) is 0.353. The minimum absolute atomic E-state index is 0.0845. The van der Waals surface area contributed by atoms with Gasteiger partial charge in [0.15, 0.2) is 6.04 Å². The lowest BCUT2D eigenvalue weighted by Gasteiger charge is -2.16. The van der Waals surface area contributed by atoms with Gasteiger partial charge in [0.05, 0.1) is 11.1 Å². The van der Waals surface area contributed by atoms with E-state index in [1.54, 1.807) is 6.20 Å². The molecule has 0 radical (unpaired) electrons. The molecular formula is C17H17N3O2. The molecule has 3 heterocycles. The van der Waals surface area contributed by atoms with E-state index in [1.807, 2.05) is 35.2 Å². The van der Waals surface area contributed by atoms with Crippen molar-refractivity contribution in [3.63, 3.8) is 0 Å². The average Bonchev–Trinajstić information content (AvgIpc) is 3.25. The van der Waals surface area contributed by atoms with Crippen molar-refractivity contribution < 1.29 is 9.53 Å². The van der Waals surface area contributed by atoms with E-state index >= 15 is 0 Å². The monoisotopic (exact) mass is 295 g/mol. The molecule has 0 spiro atoms. The molecule has 22 heavy (non-hydrogen) atoms. The van der Waals surface area contributed by atoms with Crippen molar-refractivity contribution in [3.05, 3.63) is 42.1 Å². The highest BCUT2D eigenvalue weighted by Crippen LogP contribution is 2.19. The Kier molecular flexibility index (Phi) is 3.25. The van der Waals surface area contributed by atoms with Gasteiger partial charge in [-0.3, -0.25) is 9.78 Å². The van der Waals surface area contributed by atoms with E-state index in [-0.39, 0.29) is 5.91 Å². The summed E-state index contributed by atoms with van der Waals surface area (Å²) in [5.74, 6) is 0.608. The molecule has 0 saturated carbocycles. The van der Waals surface area contributed by atoms with E-state index in [0.717, 1.165) is 42.4 Å². The van der Waals surface area contributed by atoms with E-state index in [9.17, 15) is 4.79 Å². The Hall–Kier alpha value is -2.43. The standard InChI is InChI=1S/C17H17N3O2/c21-17(20-7-3-4-8-20)15-11-22-16(19-15)13-9-12-5-1-2-6-14(12)18-10-13/h1-2,5-6,9-10,15H,3-4,7-8,11H2. The molecule has 2 aromatic rings. The highest BCUT2D eigenvalue weighted by molar-refractivity contribution is 6.00. The number of likely N-dealkylation sites (tertiary alicyclic amines) is 1. The van der Waals surface area contributed by atoms with Gasteiger partial charge in [-0.15, -0.1) is 0 Å². The number of ether oxygens (including phenoxy) is 1. The predicted octanol–water partition coefficient (Wildman–Crippen LogP) is 2.00. The lowest BCUT2D eigenvalue weighted by Crippen LogP contribution is -2.36. The summed E-state index contributed by atoms with van der Waals surface area (Å²) in [6.45, 7) is 2.02. The van der Waals surface area contributed by atoms with Crippen LogP contribution in [0.2, 0.25) is 0 Å². The van der Waals surface area contributed by atoms with Crippen molar-refractivity contribution in [1.29, 1.82) is 0 Å². The third-order valence-corrected chi connectivity index (χ3v) is 4.19. The quantitative estimate of drug-likeness (QED) is 0.851. The van der Waals surface area contributed by atoms with Gasteiger partial charge in [0, 0.05) is 24.7 Å². The van der Waals surface area contributed by atoms with Crippen LogP contribution in [0, 0.1) is 0 Å². The fourth-order valence-electron chi connectivity index (χ4n) is 2.99. The maximum absolute atomic E-state index is 12.4. The van der Waals surface area contributed by atoms with Crippen LogP contribution in [-0.4, -0.2) is 47.4 Å². The van der Waals surface area contributed by atoms with Crippen molar-refractivity contribution in [2.45, 2.75) is 18.9 Å². The molecule has 0 aliphatic carbocycles. The largest absolute Gasteiger partial charge is 0.475 e. The number of amides is 1. The number of benzene rings is 1. The van der Waals surface area contributed by atoms with Crippen molar-refractivity contribution >= 4 is 22.7 Å². The van der Waals surface area contributed by atoms with Gasteiger partial charge in [0.2, 0.25) is 5.90 Å². The molecule has 5 heteroatoms. The SMILES string of the molecule is O=C(C1COC(c2cnc3ccccc3c2)=N1)N1CCCC1. The third-order valence-electron chi connectivity index (χ3n) is 4.19. The number of aromatic nitrogens is 1. The Labute approximate surface area is 128 Å². The number of fused-ring (bicyclic) bond motifs is 1. The van der Waals surface area contributed by atoms with Gasteiger partial charge in [0.1, 0.15) is 6.61 Å². The first kappa shape index (κ1) is 13.2. The smallest absolute Gasteiger partial charge is 0.251 e. The number of carbonyl (C=O) groups excluding carboxylic acids is 1. The maximum Gasteiger partial charge on any atom is 0.251 e. The molecule has 1 atom stereocenters. The highest BCUT2D eigenvalue weighted by atomic mass is 16.5. The summed E-state index contributed by atoms with van der Waals surface area (Å²) >= 11 is 0. The third kappa shape index (κ3) is 2.32. The fourth-order valence-corrected chi connectivity index (χ4v) is 2.99. The van der Waals surface area contributed by atoms with Crippen LogP contribution in [0.15, 0.2) is 41.5 Å². The van der Waals surface area contributed by atoms with Gasteiger partial charge in [-0.2, -0.15) is 0 Å². The Balaban J connectivity index is 1.59. The van der Waals surface area contributed by atoms with Crippen LogP contribution in [0.3, 0.4) is 0 Å². The minimum Gasteiger partial charge on any atom is -0.475 e. The molecule has 112 valence electrons. The molecule has 1 saturated heterocycles. The van der Waals surface area contributed by atoms with Crippen LogP contribution >= 0.6 is 0 Å². The summed E-state index contributed by atoms with van der Waals surface area (Å²) in [7, 11) is 0. The summed E-state index contributed by atoms with van der Waals surface area (Å²) in [5.41, 5.74) is 1.77. The van der Waals surface area contributed by atoms with E-state index in [0.29, 0.717) is 12.5 Å². The number of nitrogens with zero attached hydrogens (tertiary/aromatic N) is 3. The summed E-state index contributed by atoms with van der Waals surface area (Å²) in [6.07, 6.45) is 3.93. The summed E-state index contributed by atoms with van der Waals surface area (Å²) in [5, 5.41) is 1.04. The Morgan fingerprint density at radius 1 is 1.23 bits per heavy atom. The Morgan fingerprint density at radius 2 is 2.05 bits per heavy atom. The lowest BCUT2D eigenvalue weighted by molar-refractivity contribution is -0.131. The van der Waals surface area contributed by atoms with Crippen LogP contribution in [0.25, 0.3) is 10.9 Å². The zero-order valence-electron chi connectivity index (χ0n) is 12.2. The second kappa shape index (κ2) is 5.40. The van der Waals surface area contributed by atoms with Gasteiger partial charge in [-0.05, 0) is 25.0 Å². The van der Waals surface area contributed by atoms with Gasteiger partial charge in [-0.25, -0.2) is 4.99 Å². The molecule has 1 fully saturated rings. The summed E-state index contributed by atoms with van der Waals surface area (Å²) in [4.78, 5) is 23.1. The number of para-hydroxylation sites is 1. The second-order valence-electron chi connectivity index (χ2n) is 5.71. The molecule has 2 aliphatic rings. The van der Waals surface area contributed by atoms with Crippen molar-refractivity contribution in [3.8, 4) is 0 Å². The molecule has 4 rings (SSSR count). The molecule has 2 aliphatic heterocycles. The van der Waals surface area contributed by atoms with Gasteiger partial charge in [-0.1, -0.05) is 18.2 Å². The lowest BCUT2D eigenvalue weighted by atomic mass is 10.1. The van der Waals surface area contributed by atoms with Crippen LogP contribution < -0.4 is 0 Å². The number of rotatable bonds is 2.